The summed E-state index contributed by atoms with van der Waals surface area (Å²) in [6, 6.07) is 0. The third-order valence-corrected chi connectivity index (χ3v) is 11.3. The number of phosphoric ester groups is 1. The number of nitrogens with zero attached hydrogens (tertiary/aromatic N) is 1. The lowest BCUT2D eigenvalue weighted by Crippen LogP contribution is -2.37. The van der Waals surface area contributed by atoms with Crippen LogP contribution in [0.5, 0.6) is 0 Å². The lowest BCUT2D eigenvalue weighted by atomic mass is 10.1. The van der Waals surface area contributed by atoms with Gasteiger partial charge in [-0.05, 0) is 77.0 Å². The van der Waals surface area contributed by atoms with E-state index in [1.807, 2.05) is 21.1 Å². The van der Waals surface area contributed by atoms with E-state index < -0.39 is 13.9 Å². The molecule has 8 nitrogen and oxygen atoms in total. The summed E-state index contributed by atoms with van der Waals surface area (Å²) in [5.41, 5.74) is 0. The van der Waals surface area contributed by atoms with Gasteiger partial charge < -0.3 is 18.9 Å². The van der Waals surface area contributed by atoms with E-state index in [0.717, 1.165) is 51.4 Å². The summed E-state index contributed by atoms with van der Waals surface area (Å²) in [6.07, 6.45) is 52.8. The summed E-state index contributed by atoms with van der Waals surface area (Å²) in [5.74, 6) is -0.322. The molecular formula is C50H95NO7P+. The number of carbonyl (C=O) groups is 1. The molecule has 2 atom stereocenters. The fraction of sp³-hybridized carbons (Fsp3) is 0.820. The first-order chi connectivity index (χ1) is 28.6. The van der Waals surface area contributed by atoms with Crippen LogP contribution in [0.15, 0.2) is 48.6 Å². The van der Waals surface area contributed by atoms with Crippen LogP contribution in [-0.2, 0) is 27.9 Å². The molecule has 0 aliphatic carbocycles. The third kappa shape index (κ3) is 47.4. The van der Waals surface area contributed by atoms with Crippen LogP contribution in [0.1, 0.15) is 206 Å². The molecule has 0 rings (SSSR count). The third-order valence-electron chi connectivity index (χ3n) is 10.4. The Hall–Kier alpha value is -1.54. The minimum atomic E-state index is -4.28. The summed E-state index contributed by atoms with van der Waals surface area (Å²) in [4.78, 5) is 23.0. The number of hydrogen-bond donors (Lipinski definition) is 1. The summed E-state index contributed by atoms with van der Waals surface area (Å²) < 4.78 is 35.1. The average molecular weight is 853 g/mol. The predicted octanol–water partition coefficient (Wildman–Crippen LogP) is 14.7. The van der Waals surface area contributed by atoms with Crippen LogP contribution in [0.25, 0.3) is 0 Å². The van der Waals surface area contributed by atoms with Crippen LogP contribution in [0, 0.1) is 0 Å². The van der Waals surface area contributed by atoms with Crippen molar-refractivity contribution in [1.82, 2.24) is 0 Å². The van der Waals surface area contributed by atoms with E-state index in [2.05, 4.69) is 62.5 Å². The Morgan fingerprint density at radius 2 is 0.932 bits per heavy atom. The first-order valence-electron chi connectivity index (χ1n) is 24.4. The van der Waals surface area contributed by atoms with Gasteiger partial charge in [0.25, 0.3) is 0 Å². The number of esters is 1. The number of likely N-dealkylation sites (N-methyl/N-ethyl adjacent to an activating group) is 1. The van der Waals surface area contributed by atoms with Gasteiger partial charge in [0.1, 0.15) is 19.3 Å². The van der Waals surface area contributed by atoms with Gasteiger partial charge in [-0.2, -0.15) is 0 Å². The van der Waals surface area contributed by atoms with E-state index in [4.69, 9.17) is 18.5 Å². The lowest BCUT2D eigenvalue weighted by Gasteiger charge is -2.24. The highest BCUT2D eigenvalue weighted by Gasteiger charge is 2.26. The highest BCUT2D eigenvalue weighted by molar-refractivity contribution is 7.47. The van der Waals surface area contributed by atoms with Crippen LogP contribution >= 0.6 is 7.82 Å². The maximum absolute atomic E-state index is 12.7. The van der Waals surface area contributed by atoms with Gasteiger partial charge in [0.2, 0.25) is 0 Å². The Morgan fingerprint density at radius 1 is 0.525 bits per heavy atom. The van der Waals surface area contributed by atoms with E-state index in [1.54, 1.807) is 0 Å². The minimum absolute atomic E-state index is 0.0853. The van der Waals surface area contributed by atoms with Crippen molar-refractivity contribution in [2.45, 2.75) is 213 Å². The van der Waals surface area contributed by atoms with Crippen molar-refractivity contribution in [2.75, 3.05) is 54.1 Å². The fourth-order valence-electron chi connectivity index (χ4n) is 6.55. The van der Waals surface area contributed by atoms with Crippen LogP contribution in [0.3, 0.4) is 0 Å². The first kappa shape index (κ1) is 57.5. The second kappa shape index (κ2) is 43.1. The number of quaternary nitrogens is 1. The molecule has 9 heteroatoms. The number of hydrogen-bond acceptors (Lipinski definition) is 6. The summed E-state index contributed by atoms with van der Waals surface area (Å²) >= 11 is 0. The number of phosphoric acid groups is 1. The molecule has 0 saturated heterocycles. The van der Waals surface area contributed by atoms with Crippen molar-refractivity contribution >= 4 is 13.8 Å². The van der Waals surface area contributed by atoms with E-state index in [0.29, 0.717) is 24.1 Å². The molecular weight excluding hydrogens is 758 g/mol. The Bertz CT molecular complexity index is 1080. The Labute approximate surface area is 365 Å². The molecule has 0 aromatic carbocycles. The molecule has 346 valence electrons. The number of carbonyl (C=O) groups excluding carboxylic acids is 1. The van der Waals surface area contributed by atoms with E-state index in [-0.39, 0.29) is 25.8 Å². The smallest absolute Gasteiger partial charge is 0.457 e. The molecule has 0 heterocycles. The second-order valence-corrected chi connectivity index (χ2v) is 18.9. The van der Waals surface area contributed by atoms with Gasteiger partial charge in [-0.25, -0.2) is 4.57 Å². The average Bonchev–Trinajstić information content (AvgIpc) is 3.19. The molecule has 0 radical (unpaired) electrons. The van der Waals surface area contributed by atoms with Crippen molar-refractivity contribution in [2.24, 2.45) is 0 Å². The fourth-order valence-corrected chi connectivity index (χ4v) is 7.30. The Morgan fingerprint density at radius 3 is 1.37 bits per heavy atom. The molecule has 0 bridgehead atoms. The number of ether oxygens (including phenoxy) is 2. The van der Waals surface area contributed by atoms with Gasteiger partial charge in [-0.3, -0.25) is 13.8 Å². The number of rotatable bonds is 45. The topological polar surface area (TPSA) is 91.3 Å². The molecule has 59 heavy (non-hydrogen) atoms. The molecule has 0 aliphatic heterocycles. The first-order valence-corrected chi connectivity index (χ1v) is 25.9. The predicted molar refractivity (Wildman–Crippen MR) is 252 cm³/mol. The second-order valence-electron chi connectivity index (χ2n) is 17.5. The van der Waals surface area contributed by atoms with Gasteiger partial charge >= 0.3 is 13.8 Å². The minimum Gasteiger partial charge on any atom is -0.457 e. The van der Waals surface area contributed by atoms with Crippen LogP contribution < -0.4 is 0 Å². The normalized spacial score (nSPS) is 14.1. The van der Waals surface area contributed by atoms with Gasteiger partial charge in [0, 0.05) is 13.0 Å². The maximum atomic E-state index is 12.7. The molecule has 0 amide bonds. The van der Waals surface area contributed by atoms with Crippen molar-refractivity contribution in [3.8, 4) is 0 Å². The van der Waals surface area contributed by atoms with E-state index in [9.17, 15) is 14.3 Å². The quantitative estimate of drug-likeness (QED) is 0.0214. The maximum Gasteiger partial charge on any atom is 0.472 e. The van der Waals surface area contributed by atoms with E-state index in [1.165, 1.54) is 135 Å². The summed E-state index contributed by atoms with van der Waals surface area (Å²) in [6.45, 7) is 5.57. The zero-order chi connectivity index (χ0) is 43.4. The summed E-state index contributed by atoms with van der Waals surface area (Å²) in [5, 5.41) is 0. The van der Waals surface area contributed by atoms with Gasteiger partial charge in [0.05, 0.1) is 34.4 Å². The molecule has 0 saturated carbocycles. The summed E-state index contributed by atoms with van der Waals surface area (Å²) in [7, 11) is 1.66. The largest absolute Gasteiger partial charge is 0.472 e. The molecule has 0 aromatic rings. The van der Waals surface area contributed by atoms with Crippen molar-refractivity contribution in [1.29, 1.82) is 0 Å². The zero-order valence-electron chi connectivity index (χ0n) is 39.2. The van der Waals surface area contributed by atoms with Gasteiger partial charge in [-0.1, -0.05) is 172 Å². The standard InChI is InChI=1S/C50H94NO7P/c1-6-8-10-12-14-16-18-20-22-24-25-26-28-30-32-34-36-38-40-42-45-55-47-49(48-57-59(53,54)56-46-44-51(3,4)5)58-50(52)43-41-39-37-35-33-31-29-27-23-21-19-17-15-13-11-9-7-2/h14-17,20-23,49H,6-13,18-19,24-48H2,1-5H3/p+1/b16-14-,17-15-,22-20-,23-21-. The SMILES string of the molecule is CCCCC/C=C\C/C=C\CCCCCCCCCCCCOCC(COP(=O)(O)OCC[N+](C)(C)C)OC(=O)CCCCCCCCC/C=C\C/C=C\CCCCC. The number of allylic oxidation sites excluding steroid dienone is 8. The Balaban J connectivity index is 4.19. The van der Waals surface area contributed by atoms with Crippen molar-refractivity contribution < 1.29 is 37.3 Å². The lowest BCUT2D eigenvalue weighted by molar-refractivity contribution is -0.870. The van der Waals surface area contributed by atoms with Crippen LogP contribution in [-0.4, -0.2) is 75.6 Å². The highest BCUT2D eigenvalue weighted by atomic mass is 31.2. The van der Waals surface area contributed by atoms with Crippen LogP contribution in [0.4, 0.5) is 0 Å². The highest BCUT2D eigenvalue weighted by Crippen LogP contribution is 2.43. The number of unbranched alkanes of at least 4 members (excludes halogenated alkanes) is 23. The van der Waals surface area contributed by atoms with Crippen LogP contribution in [0.2, 0.25) is 0 Å². The van der Waals surface area contributed by atoms with Crippen molar-refractivity contribution in [3.63, 3.8) is 0 Å². The van der Waals surface area contributed by atoms with Crippen molar-refractivity contribution in [3.05, 3.63) is 48.6 Å². The molecule has 0 aromatic heterocycles. The molecule has 0 fully saturated rings. The van der Waals surface area contributed by atoms with E-state index >= 15 is 0 Å². The molecule has 1 N–H and O–H groups in total. The van der Waals surface area contributed by atoms with Gasteiger partial charge in [0.15, 0.2) is 0 Å². The molecule has 0 aliphatic rings. The van der Waals surface area contributed by atoms with Gasteiger partial charge in [-0.15, -0.1) is 0 Å². The molecule has 2 unspecified atom stereocenters. The zero-order valence-corrected chi connectivity index (χ0v) is 40.1. The Kier molecular flexibility index (Phi) is 42.0. The molecule has 0 spiro atoms. The monoisotopic (exact) mass is 853 g/mol.